The Morgan fingerprint density at radius 3 is 2.56 bits per heavy atom. The van der Waals surface area contributed by atoms with Crippen LogP contribution in [0.25, 0.3) is 0 Å². The number of nitrogen functional groups attached to an aromatic ring is 1. The average Bonchev–Trinajstić information content (AvgIpc) is 2.98. The molecule has 0 saturated heterocycles. The molecule has 1 saturated carbocycles. The Kier molecular flexibility index (Phi) is 2.82. The van der Waals surface area contributed by atoms with Crippen LogP contribution in [0.4, 0.5) is 5.69 Å². The van der Waals surface area contributed by atoms with E-state index in [1.165, 1.54) is 12.8 Å². The van der Waals surface area contributed by atoms with Gasteiger partial charge in [-0.3, -0.25) is 9.48 Å². The maximum absolute atomic E-state index is 12.0. The number of anilines is 1. The topological polar surface area (TPSA) is 52.9 Å². The van der Waals surface area contributed by atoms with E-state index in [0.717, 1.165) is 18.7 Å². The van der Waals surface area contributed by atoms with E-state index in [1.54, 1.807) is 4.68 Å². The summed E-state index contributed by atoms with van der Waals surface area (Å²) in [5, 5.41) is 0. The smallest absolute Gasteiger partial charge is 0.290 e. The zero-order chi connectivity index (χ0) is 11.9. The Labute approximate surface area is 96.0 Å². The van der Waals surface area contributed by atoms with Crippen molar-refractivity contribution in [3.05, 3.63) is 16.0 Å². The third-order valence-corrected chi connectivity index (χ3v) is 3.33. The van der Waals surface area contributed by atoms with Gasteiger partial charge in [-0.1, -0.05) is 13.8 Å². The van der Waals surface area contributed by atoms with Gasteiger partial charge in [0, 0.05) is 19.5 Å². The van der Waals surface area contributed by atoms with E-state index in [2.05, 4.69) is 13.8 Å². The van der Waals surface area contributed by atoms with E-state index in [9.17, 15) is 4.79 Å². The average molecular weight is 223 g/mol. The fourth-order valence-electron chi connectivity index (χ4n) is 2.16. The molecule has 90 valence electrons. The van der Waals surface area contributed by atoms with E-state index < -0.39 is 0 Å². The van der Waals surface area contributed by atoms with E-state index >= 15 is 0 Å². The molecule has 2 rings (SSSR count). The van der Waals surface area contributed by atoms with E-state index in [4.69, 9.17) is 5.73 Å². The van der Waals surface area contributed by atoms with Crippen LogP contribution in [0, 0.1) is 5.92 Å². The lowest BCUT2D eigenvalue weighted by atomic mass is 10.1. The lowest BCUT2D eigenvalue weighted by Crippen LogP contribution is -2.23. The standard InChI is InChI=1S/C12H21N3O/c1-8(2)6-7-15-12(16)10(13)11(14(15)3)9-4-5-9/h8-9H,4-7,13H2,1-3H3. The number of hydrogen-bond acceptors (Lipinski definition) is 2. The van der Waals surface area contributed by atoms with Crippen molar-refractivity contribution in [3.8, 4) is 0 Å². The van der Waals surface area contributed by atoms with Gasteiger partial charge in [-0.2, -0.15) is 0 Å². The van der Waals surface area contributed by atoms with Crippen LogP contribution in [-0.2, 0) is 13.6 Å². The number of rotatable bonds is 4. The summed E-state index contributed by atoms with van der Waals surface area (Å²) in [7, 11) is 1.95. The largest absolute Gasteiger partial charge is 0.393 e. The first-order chi connectivity index (χ1) is 7.52. The quantitative estimate of drug-likeness (QED) is 0.844. The Morgan fingerprint density at radius 2 is 2.06 bits per heavy atom. The van der Waals surface area contributed by atoms with Crippen LogP contribution in [0.5, 0.6) is 0 Å². The molecule has 1 aliphatic rings. The van der Waals surface area contributed by atoms with Crippen LogP contribution in [0.1, 0.15) is 44.7 Å². The molecule has 1 fully saturated rings. The van der Waals surface area contributed by atoms with Crippen LogP contribution < -0.4 is 11.3 Å². The first-order valence-corrected chi connectivity index (χ1v) is 6.07. The summed E-state index contributed by atoms with van der Waals surface area (Å²) >= 11 is 0. The van der Waals surface area contributed by atoms with Gasteiger partial charge in [-0.25, -0.2) is 4.68 Å². The molecule has 1 aliphatic carbocycles. The van der Waals surface area contributed by atoms with Crippen LogP contribution in [-0.4, -0.2) is 9.36 Å². The highest BCUT2D eigenvalue weighted by atomic mass is 16.1. The Morgan fingerprint density at radius 1 is 1.44 bits per heavy atom. The summed E-state index contributed by atoms with van der Waals surface area (Å²) in [4.78, 5) is 12.0. The van der Waals surface area contributed by atoms with Gasteiger partial charge in [0.2, 0.25) is 0 Å². The number of aromatic nitrogens is 2. The fraction of sp³-hybridized carbons (Fsp3) is 0.750. The van der Waals surface area contributed by atoms with Gasteiger partial charge in [0.05, 0.1) is 5.69 Å². The first-order valence-electron chi connectivity index (χ1n) is 6.07. The van der Waals surface area contributed by atoms with Crippen LogP contribution in [0.2, 0.25) is 0 Å². The summed E-state index contributed by atoms with van der Waals surface area (Å²) in [5.41, 5.74) is 7.40. The van der Waals surface area contributed by atoms with Gasteiger partial charge in [-0.05, 0) is 25.2 Å². The first kappa shape index (κ1) is 11.3. The SMILES string of the molecule is CC(C)CCn1c(=O)c(N)c(C2CC2)n1C. The lowest BCUT2D eigenvalue weighted by Gasteiger charge is -2.10. The van der Waals surface area contributed by atoms with Crippen molar-refractivity contribution in [3.63, 3.8) is 0 Å². The molecule has 0 atom stereocenters. The Hall–Kier alpha value is -1.19. The predicted octanol–water partition coefficient (Wildman–Crippen LogP) is 1.69. The molecule has 2 N–H and O–H groups in total. The van der Waals surface area contributed by atoms with Crippen molar-refractivity contribution < 1.29 is 0 Å². The van der Waals surface area contributed by atoms with Crippen LogP contribution >= 0.6 is 0 Å². The molecule has 4 heteroatoms. The molecule has 16 heavy (non-hydrogen) atoms. The molecule has 1 aromatic rings. The highest BCUT2D eigenvalue weighted by Gasteiger charge is 2.31. The van der Waals surface area contributed by atoms with Crippen molar-refractivity contribution in [2.24, 2.45) is 13.0 Å². The van der Waals surface area contributed by atoms with Gasteiger partial charge in [0.1, 0.15) is 5.69 Å². The van der Waals surface area contributed by atoms with Crippen molar-refractivity contribution in [2.45, 2.75) is 45.6 Å². The molecule has 0 aromatic carbocycles. The highest BCUT2D eigenvalue weighted by Crippen LogP contribution is 2.41. The molecule has 4 nitrogen and oxygen atoms in total. The van der Waals surface area contributed by atoms with Crippen molar-refractivity contribution in [2.75, 3.05) is 5.73 Å². The molecular formula is C12H21N3O. The monoisotopic (exact) mass is 223 g/mol. The Balaban J connectivity index is 2.30. The zero-order valence-corrected chi connectivity index (χ0v) is 10.4. The third-order valence-electron chi connectivity index (χ3n) is 3.33. The second-order valence-electron chi connectivity index (χ2n) is 5.21. The minimum absolute atomic E-state index is 0.00921. The van der Waals surface area contributed by atoms with Gasteiger partial charge < -0.3 is 5.73 Å². The molecular weight excluding hydrogens is 202 g/mol. The minimum Gasteiger partial charge on any atom is -0.393 e. The van der Waals surface area contributed by atoms with Crippen molar-refractivity contribution in [1.82, 2.24) is 9.36 Å². The third kappa shape index (κ3) is 1.88. The molecule has 0 spiro atoms. The summed E-state index contributed by atoms with van der Waals surface area (Å²) in [6, 6.07) is 0. The maximum Gasteiger partial charge on any atom is 0.290 e. The fourth-order valence-corrected chi connectivity index (χ4v) is 2.16. The highest BCUT2D eigenvalue weighted by molar-refractivity contribution is 5.45. The maximum atomic E-state index is 12.0. The molecule has 0 bridgehead atoms. The summed E-state index contributed by atoms with van der Waals surface area (Å²) in [5.74, 6) is 1.13. The van der Waals surface area contributed by atoms with E-state index in [-0.39, 0.29) is 5.56 Å². The molecule has 0 amide bonds. The minimum atomic E-state index is -0.00921. The van der Waals surface area contributed by atoms with Crippen LogP contribution in [0.15, 0.2) is 4.79 Å². The van der Waals surface area contributed by atoms with Crippen molar-refractivity contribution >= 4 is 5.69 Å². The second kappa shape index (κ2) is 4.00. The van der Waals surface area contributed by atoms with Crippen LogP contribution in [0.3, 0.4) is 0 Å². The van der Waals surface area contributed by atoms with Gasteiger partial charge in [0.15, 0.2) is 0 Å². The number of nitrogens with two attached hydrogens (primary N) is 1. The van der Waals surface area contributed by atoms with Crippen molar-refractivity contribution in [1.29, 1.82) is 0 Å². The second-order valence-corrected chi connectivity index (χ2v) is 5.21. The molecule has 1 aromatic heterocycles. The summed E-state index contributed by atoms with van der Waals surface area (Å²) in [6.45, 7) is 5.10. The number of hydrogen-bond donors (Lipinski definition) is 1. The molecule has 1 heterocycles. The summed E-state index contributed by atoms with van der Waals surface area (Å²) < 4.78 is 3.75. The molecule has 0 aliphatic heterocycles. The predicted molar refractivity (Wildman–Crippen MR) is 65.5 cm³/mol. The van der Waals surface area contributed by atoms with Gasteiger partial charge >= 0.3 is 0 Å². The van der Waals surface area contributed by atoms with E-state index in [0.29, 0.717) is 17.5 Å². The van der Waals surface area contributed by atoms with Gasteiger partial charge in [0.25, 0.3) is 5.56 Å². The Bertz CT molecular complexity index is 438. The molecule has 0 unspecified atom stereocenters. The molecule has 0 radical (unpaired) electrons. The van der Waals surface area contributed by atoms with Gasteiger partial charge in [-0.15, -0.1) is 0 Å². The zero-order valence-electron chi connectivity index (χ0n) is 10.4. The summed E-state index contributed by atoms with van der Waals surface area (Å²) in [6.07, 6.45) is 3.36. The normalized spacial score (nSPS) is 16.0. The lowest BCUT2D eigenvalue weighted by molar-refractivity contribution is 0.424. The number of nitrogens with zero attached hydrogens (tertiary/aromatic N) is 2. The van der Waals surface area contributed by atoms with E-state index in [1.807, 2.05) is 11.7 Å².